The van der Waals surface area contributed by atoms with Crippen LogP contribution in [-0.4, -0.2) is 20.1 Å². The Bertz CT molecular complexity index is 355. The molecule has 1 atom stereocenters. The predicted octanol–water partition coefficient (Wildman–Crippen LogP) is 2.04. The molecular weight excluding hydrogens is 209 g/mol. The van der Waals surface area contributed by atoms with Crippen molar-refractivity contribution in [3.8, 4) is 0 Å². The molecule has 1 N–H and O–H groups in total. The lowest BCUT2D eigenvalue weighted by atomic mass is 10.0. The van der Waals surface area contributed by atoms with Gasteiger partial charge in [0.25, 0.3) is 0 Å². The lowest BCUT2D eigenvalue weighted by Crippen LogP contribution is -2.18. The fourth-order valence-corrected chi connectivity index (χ4v) is 1.57. The van der Waals surface area contributed by atoms with Crippen molar-refractivity contribution in [2.45, 2.75) is 18.9 Å². The van der Waals surface area contributed by atoms with Crippen molar-refractivity contribution in [3.05, 3.63) is 35.6 Å². The highest BCUT2D eigenvalue weighted by Gasteiger charge is 2.12. The summed E-state index contributed by atoms with van der Waals surface area (Å²) in [6.07, 6.45) is 0.908. The third-order valence-electron chi connectivity index (χ3n) is 2.46. The minimum atomic E-state index is -0.268. The summed E-state index contributed by atoms with van der Waals surface area (Å²) in [6, 6.07) is 6.33. The summed E-state index contributed by atoms with van der Waals surface area (Å²) in [6.45, 7) is 0. The van der Waals surface area contributed by atoms with Crippen LogP contribution in [0.1, 0.15) is 24.4 Å². The summed E-state index contributed by atoms with van der Waals surface area (Å²) in [5.41, 5.74) is 0.839. The molecule has 0 saturated heterocycles. The van der Waals surface area contributed by atoms with E-state index in [1.165, 1.54) is 19.2 Å². The van der Waals surface area contributed by atoms with E-state index >= 15 is 0 Å². The SMILES string of the molecule is CNC(CCC(=O)OC)c1cccc(F)c1. The van der Waals surface area contributed by atoms with Gasteiger partial charge in [-0.2, -0.15) is 0 Å². The van der Waals surface area contributed by atoms with Crippen LogP contribution in [0, 0.1) is 5.82 Å². The fourth-order valence-electron chi connectivity index (χ4n) is 1.57. The van der Waals surface area contributed by atoms with E-state index in [2.05, 4.69) is 10.1 Å². The number of benzene rings is 1. The number of nitrogens with one attached hydrogen (secondary N) is 1. The topological polar surface area (TPSA) is 38.3 Å². The molecule has 0 spiro atoms. The Balaban J connectivity index is 2.64. The molecule has 0 radical (unpaired) electrons. The molecule has 1 aromatic carbocycles. The summed E-state index contributed by atoms with van der Waals surface area (Å²) in [5.74, 6) is -0.521. The van der Waals surface area contributed by atoms with E-state index < -0.39 is 0 Å². The van der Waals surface area contributed by atoms with Crippen molar-refractivity contribution in [2.24, 2.45) is 0 Å². The predicted molar refractivity (Wildman–Crippen MR) is 59.5 cm³/mol. The highest BCUT2D eigenvalue weighted by molar-refractivity contribution is 5.69. The van der Waals surface area contributed by atoms with Gasteiger partial charge in [0, 0.05) is 12.5 Å². The zero-order valence-electron chi connectivity index (χ0n) is 9.50. The van der Waals surface area contributed by atoms with E-state index in [1.807, 2.05) is 6.07 Å². The number of ether oxygens (including phenoxy) is 1. The Labute approximate surface area is 94.6 Å². The number of hydrogen-bond donors (Lipinski definition) is 1. The Morgan fingerprint density at radius 1 is 1.56 bits per heavy atom. The highest BCUT2D eigenvalue weighted by Crippen LogP contribution is 2.18. The Kier molecular flexibility index (Phi) is 4.92. The molecule has 0 fully saturated rings. The summed E-state index contributed by atoms with van der Waals surface area (Å²) in [7, 11) is 3.14. The lowest BCUT2D eigenvalue weighted by molar-refractivity contribution is -0.140. The number of rotatable bonds is 5. The fraction of sp³-hybridized carbons (Fsp3) is 0.417. The maximum absolute atomic E-state index is 13.0. The summed E-state index contributed by atoms with van der Waals surface area (Å²) in [5, 5.41) is 3.05. The van der Waals surface area contributed by atoms with E-state index in [1.54, 1.807) is 13.1 Å². The number of halogens is 1. The third kappa shape index (κ3) is 3.62. The molecule has 0 amide bonds. The maximum atomic E-state index is 13.0. The average molecular weight is 225 g/mol. The van der Waals surface area contributed by atoms with Gasteiger partial charge in [-0.05, 0) is 31.2 Å². The molecule has 0 bridgehead atoms. The van der Waals surface area contributed by atoms with Crippen LogP contribution in [0.3, 0.4) is 0 Å². The molecule has 1 unspecified atom stereocenters. The van der Waals surface area contributed by atoms with Gasteiger partial charge in [-0.1, -0.05) is 12.1 Å². The molecule has 0 saturated carbocycles. The molecule has 4 heteroatoms. The van der Waals surface area contributed by atoms with Crippen molar-refractivity contribution in [2.75, 3.05) is 14.2 Å². The zero-order valence-corrected chi connectivity index (χ0v) is 9.50. The van der Waals surface area contributed by atoms with Crippen LogP contribution in [0.4, 0.5) is 4.39 Å². The Morgan fingerprint density at radius 3 is 2.88 bits per heavy atom. The Hall–Kier alpha value is -1.42. The first-order valence-electron chi connectivity index (χ1n) is 5.17. The molecule has 0 heterocycles. The molecule has 0 aliphatic rings. The van der Waals surface area contributed by atoms with E-state index in [0.717, 1.165) is 5.56 Å². The average Bonchev–Trinajstić information content (AvgIpc) is 2.29. The van der Waals surface area contributed by atoms with Gasteiger partial charge >= 0.3 is 5.97 Å². The largest absolute Gasteiger partial charge is 0.469 e. The number of carbonyl (C=O) groups is 1. The number of hydrogen-bond acceptors (Lipinski definition) is 3. The lowest BCUT2D eigenvalue weighted by Gasteiger charge is -2.15. The molecular formula is C12H16FNO2. The van der Waals surface area contributed by atoms with Crippen LogP contribution in [0.25, 0.3) is 0 Å². The van der Waals surface area contributed by atoms with E-state index in [4.69, 9.17) is 0 Å². The van der Waals surface area contributed by atoms with Crippen LogP contribution in [0.2, 0.25) is 0 Å². The van der Waals surface area contributed by atoms with Gasteiger partial charge in [0.1, 0.15) is 5.82 Å². The third-order valence-corrected chi connectivity index (χ3v) is 2.46. The molecule has 0 aliphatic heterocycles. The standard InChI is InChI=1S/C12H16FNO2/c1-14-11(6-7-12(15)16-2)9-4-3-5-10(13)8-9/h3-5,8,11,14H,6-7H2,1-2H3. The summed E-state index contributed by atoms with van der Waals surface area (Å²) < 4.78 is 17.6. The van der Waals surface area contributed by atoms with Crippen LogP contribution >= 0.6 is 0 Å². The minimum Gasteiger partial charge on any atom is -0.469 e. The van der Waals surface area contributed by atoms with Gasteiger partial charge < -0.3 is 10.1 Å². The van der Waals surface area contributed by atoms with Crippen molar-refractivity contribution in [1.82, 2.24) is 5.32 Å². The molecule has 88 valence electrons. The quantitative estimate of drug-likeness (QED) is 0.779. The zero-order chi connectivity index (χ0) is 12.0. The molecule has 0 aliphatic carbocycles. The van der Waals surface area contributed by atoms with Crippen LogP contribution < -0.4 is 5.32 Å². The highest BCUT2D eigenvalue weighted by atomic mass is 19.1. The van der Waals surface area contributed by atoms with Crippen molar-refractivity contribution >= 4 is 5.97 Å². The second-order valence-electron chi connectivity index (χ2n) is 3.51. The first-order valence-corrected chi connectivity index (χ1v) is 5.17. The van der Waals surface area contributed by atoms with Crippen molar-refractivity contribution < 1.29 is 13.9 Å². The van der Waals surface area contributed by atoms with Crippen molar-refractivity contribution in [3.63, 3.8) is 0 Å². The molecule has 1 rings (SSSR count). The van der Waals surface area contributed by atoms with E-state index in [0.29, 0.717) is 12.8 Å². The normalized spacial score (nSPS) is 12.2. The van der Waals surface area contributed by atoms with Crippen LogP contribution in [-0.2, 0) is 9.53 Å². The molecule has 0 aromatic heterocycles. The number of esters is 1. The van der Waals surface area contributed by atoms with Gasteiger partial charge in [0.15, 0.2) is 0 Å². The first kappa shape index (κ1) is 12.6. The smallest absolute Gasteiger partial charge is 0.305 e. The van der Waals surface area contributed by atoms with Gasteiger partial charge in [0.2, 0.25) is 0 Å². The van der Waals surface area contributed by atoms with E-state index in [-0.39, 0.29) is 17.8 Å². The maximum Gasteiger partial charge on any atom is 0.305 e. The van der Waals surface area contributed by atoms with Crippen LogP contribution in [0.15, 0.2) is 24.3 Å². The van der Waals surface area contributed by atoms with Crippen LogP contribution in [0.5, 0.6) is 0 Å². The Morgan fingerprint density at radius 2 is 2.31 bits per heavy atom. The number of methoxy groups -OCH3 is 1. The van der Waals surface area contributed by atoms with Crippen molar-refractivity contribution in [1.29, 1.82) is 0 Å². The summed E-state index contributed by atoms with van der Waals surface area (Å²) in [4.78, 5) is 11.0. The van der Waals surface area contributed by atoms with Gasteiger partial charge in [-0.25, -0.2) is 4.39 Å². The molecule has 3 nitrogen and oxygen atoms in total. The first-order chi connectivity index (χ1) is 7.67. The minimum absolute atomic E-state index is 0.0326. The second kappa shape index (κ2) is 6.23. The van der Waals surface area contributed by atoms with Gasteiger partial charge in [-0.15, -0.1) is 0 Å². The second-order valence-corrected chi connectivity index (χ2v) is 3.51. The van der Waals surface area contributed by atoms with E-state index in [9.17, 15) is 9.18 Å². The monoisotopic (exact) mass is 225 g/mol. The molecule has 16 heavy (non-hydrogen) atoms. The van der Waals surface area contributed by atoms with Gasteiger partial charge in [0.05, 0.1) is 7.11 Å². The number of carbonyl (C=O) groups excluding carboxylic acids is 1. The summed E-state index contributed by atoms with van der Waals surface area (Å²) >= 11 is 0. The van der Waals surface area contributed by atoms with Gasteiger partial charge in [-0.3, -0.25) is 4.79 Å². The molecule has 1 aromatic rings.